The van der Waals surface area contributed by atoms with E-state index in [0.717, 1.165) is 5.56 Å². The summed E-state index contributed by atoms with van der Waals surface area (Å²) in [5, 5.41) is 8.03. The maximum atomic E-state index is 12.7. The predicted octanol–water partition coefficient (Wildman–Crippen LogP) is 4.66. The average molecular weight is 516 g/mol. The number of esters is 1. The molecule has 1 amide bonds. The number of methoxy groups -OCH3 is 3. The van der Waals surface area contributed by atoms with Gasteiger partial charge in [-0.05, 0) is 48.9 Å². The highest BCUT2D eigenvalue weighted by Gasteiger charge is 2.21. The van der Waals surface area contributed by atoms with E-state index in [1.807, 2.05) is 30.3 Å². The molecule has 0 aliphatic rings. The van der Waals surface area contributed by atoms with E-state index in [1.54, 1.807) is 31.2 Å². The van der Waals surface area contributed by atoms with Crippen LogP contribution in [0.15, 0.2) is 76.4 Å². The molecule has 1 aromatic heterocycles. The van der Waals surface area contributed by atoms with Crippen molar-refractivity contribution in [3.05, 3.63) is 89.2 Å². The van der Waals surface area contributed by atoms with Gasteiger partial charge in [0, 0.05) is 5.56 Å². The summed E-state index contributed by atoms with van der Waals surface area (Å²) in [4.78, 5) is 25.4. The second kappa shape index (κ2) is 11.7. The van der Waals surface area contributed by atoms with E-state index in [-0.39, 0.29) is 5.56 Å². The van der Waals surface area contributed by atoms with Gasteiger partial charge in [-0.2, -0.15) is 5.10 Å². The predicted molar refractivity (Wildman–Crippen MR) is 139 cm³/mol. The van der Waals surface area contributed by atoms with E-state index < -0.39 is 11.9 Å². The van der Waals surface area contributed by atoms with Gasteiger partial charge >= 0.3 is 5.97 Å². The van der Waals surface area contributed by atoms with Crippen molar-refractivity contribution in [3.8, 4) is 34.3 Å². The van der Waals surface area contributed by atoms with Crippen LogP contribution in [0.1, 0.15) is 32.0 Å². The zero-order valence-corrected chi connectivity index (χ0v) is 21.2. The molecule has 4 rings (SSSR count). The summed E-state index contributed by atoms with van der Waals surface area (Å²) in [6.07, 6.45) is 1.47. The Morgan fingerprint density at radius 2 is 1.58 bits per heavy atom. The van der Waals surface area contributed by atoms with E-state index in [9.17, 15) is 9.59 Å². The molecular weight excluding hydrogens is 490 g/mol. The van der Waals surface area contributed by atoms with Crippen LogP contribution in [-0.2, 0) is 0 Å². The molecule has 0 saturated carbocycles. The van der Waals surface area contributed by atoms with Gasteiger partial charge in [0.15, 0.2) is 11.5 Å². The van der Waals surface area contributed by atoms with Gasteiger partial charge in [-0.15, -0.1) is 0 Å². The first-order valence-corrected chi connectivity index (χ1v) is 11.4. The third-order valence-electron chi connectivity index (χ3n) is 5.51. The first-order valence-electron chi connectivity index (χ1n) is 11.4. The SMILES string of the molecule is COc1cc(C(=O)Oc2ccc(/C=N\NC(=O)c3c(-c4ccccc4)noc3C)cc2)cc(OC)c1OC. The van der Waals surface area contributed by atoms with Crippen LogP contribution in [0.3, 0.4) is 0 Å². The van der Waals surface area contributed by atoms with Crippen molar-refractivity contribution < 1.29 is 33.1 Å². The van der Waals surface area contributed by atoms with Crippen LogP contribution >= 0.6 is 0 Å². The number of hydrogen-bond donors (Lipinski definition) is 1. The van der Waals surface area contributed by atoms with Gasteiger partial charge in [0.2, 0.25) is 5.75 Å². The number of hydrogen-bond acceptors (Lipinski definition) is 9. The van der Waals surface area contributed by atoms with Crippen LogP contribution in [0.25, 0.3) is 11.3 Å². The van der Waals surface area contributed by atoms with Crippen molar-refractivity contribution in [1.82, 2.24) is 10.6 Å². The van der Waals surface area contributed by atoms with E-state index in [4.69, 9.17) is 23.5 Å². The molecule has 3 aromatic carbocycles. The van der Waals surface area contributed by atoms with E-state index in [0.29, 0.717) is 45.6 Å². The quantitative estimate of drug-likeness (QED) is 0.148. The van der Waals surface area contributed by atoms with Gasteiger partial charge in [0.25, 0.3) is 5.91 Å². The molecule has 0 atom stereocenters. The summed E-state index contributed by atoms with van der Waals surface area (Å²) >= 11 is 0. The first kappa shape index (κ1) is 26.0. The molecule has 1 N–H and O–H groups in total. The van der Waals surface area contributed by atoms with Crippen molar-refractivity contribution in [2.45, 2.75) is 6.92 Å². The van der Waals surface area contributed by atoms with Crippen LogP contribution in [0.5, 0.6) is 23.0 Å². The average Bonchev–Trinajstić information content (AvgIpc) is 3.34. The number of ether oxygens (including phenoxy) is 4. The molecule has 38 heavy (non-hydrogen) atoms. The number of carbonyl (C=O) groups is 2. The van der Waals surface area contributed by atoms with Crippen molar-refractivity contribution in [2.24, 2.45) is 5.10 Å². The Bertz CT molecular complexity index is 1440. The third kappa shape index (κ3) is 5.65. The first-order chi connectivity index (χ1) is 18.4. The van der Waals surface area contributed by atoms with Gasteiger partial charge < -0.3 is 23.5 Å². The second-order valence-electron chi connectivity index (χ2n) is 7.90. The fraction of sp³-hybridized carbons (Fsp3) is 0.143. The van der Waals surface area contributed by atoms with Crippen LogP contribution in [0, 0.1) is 6.92 Å². The Balaban J connectivity index is 1.41. The summed E-state index contributed by atoms with van der Waals surface area (Å²) in [5.74, 6) is 0.700. The monoisotopic (exact) mass is 515 g/mol. The molecule has 194 valence electrons. The Kier molecular flexibility index (Phi) is 8.02. The fourth-order valence-corrected chi connectivity index (χ4v) is 3.64. The summed E-state index contributed by atoms with van der Waals surface area (Å²) in [5.41, 5.74) is 4.90. The van der Waals surface area contributed by atoms with Crippen LogP contribution in [0.2, 0.25) is 0 Å². The highest BCUT2D eigenvalue weighted by molar-refractivity contribution is 6.01. The van der Waals surface area contributed by atoms with E-state index in [1.165, 1.54) is 39.7 Å². The van der Waals surface area contributed by atoms with E-state index >= 15 is 0 Å². The lowest BCUT2D eigenvalue weighted by atomic mass is 10.1. The molecule has 1 heterocycles. The van der Waals surface area contributed by atoms with Crippen LogP contribution < -0.4 is 24.4 Å². The summed E-state index contributed by atoms with van der Waals surface area (Å²) in [6, 6.07) is 18.9. The summed E-state index contributed by atoms with van der Waals surface area (Å²) < 4.78 is 26.5. The molecular formula is C28H25N3O7. The normalized spacial score (nSPS) is 10.7. The molecule has 0 radical (unpaired) electrons. The number of carbonyl (C=O) groups excluding carboxylic acids is 2. The Morgan fingerprint density at radius 1 is 0.921 bits per heavy atom. The number of aromatic nitrogens is 1. The topological polar surface area (TPSA) is 121 Å². The van der Waals surface area contributed by atoms with Crippen LogP contribution in [0.4, 0.5) is 0 Å². The standard InChI is InChI=1S/C28H25N3O7/c1-17-24(25(31-38-17)19-8-6-5-7-9-19)27(32)30-29-16-18-10-12-21(13-11-18)37-28(33)20-14-22(34-2)26(36-4)23(15-20)35-3/h5-16H,1-4H3,(H,30,32)/b29-16-. The largest absolute Gasteiger partial charge is 0.493 e. The molecule has 0 aliphatic heterocycles. The summed E-state index contributed by atoms with van der Waals surface area (Å²) in [6.45, 7) is 1.66. The number of rotatable bonds is 9. The molecule has 0 unspecified atom stereocenters. The van der Waals surface area contributed by atoms with Crippen molar-refractivity contribution in [3.63, 3.8) is 0 Å². The number of benzene rings is 3. The molecule has 0 aliphatic carbocycles. The van der Waals surface area contributed by atoms with Gasteiger partial charge in [0.05, 0.1) is 33.1 Å². The lowest BCUT2D eigenvalue weighted by Gasteiger charge is -2.13. The number of nitrogens with zero attached hydrogens (tertiary/aromatic N) is 2. The maximum Gasteiger partial charge on any atom is 0.343 e. The lowest BCUT2D eigenvalue weighted by Crippen LogP contribution is -2.18. The van der Waals surface area contributed by atoms with Crippen molar-refractivity contribution in [1.29, 1.82) is 0 Å². The van der Waals surface area contributed by atoms with Gasteiger partial charge in [-0.25, -0.2) is 10.2 Å². The van der Waals surface area contributed by atoms with Gasteiger partial charge in [-0.3, -0.25) is 4.79 Å². The zero-order chi connectivity index (χ0) is 27.1. The highest BCUT2D eigenvalue weighted by Crippen LogP contribution is 2.38. The molecule has 0 bridgehead atoms. The minimum Gasteiger partial charge on any atom is -0.493 e. The molecule has 4 aromatic rings. The number of hydrazone groups is 1. The smallest absolute Gasteiger partial charge is 0.343 e. The minimum atomic E-state index is -0.601. The fourth-order valence-electron chi connectivity index (χ4n) is 3.64. The van der Waals surface area contributed by atoms with Crippen LogP contribution in [-0.4, -0.2) is 44.6 Å². The highest BCUT2D eigenvalue weighted by atomic mass is 16.5. The number of nitrogens with one attached hydrogen (secondary N) is 1. The molecule has 0 saturated heterocycles. The number of aryl methyl sites for hydroxylation is 1. The van der Waals surface area contributed by atoms with Gasteiger partial charge in [-0.1, -0.05) is 35.5 Å². The molecule has 10 heteroatoms. The van der Waals surface area contributed by atoms with Crippen molar-refractivity contribution >= 4 is 18.1 Å². The van der Waals surface area contributed by atoms with E-state index in [2.05, 4.69) is 15.7 Å². The van der Waals surface area contributed by atoms with Crippen molar-refractivity contribution in [2.75, 3.05) is 21.3 Å². The second-order valence-corrected chi connectivity index (χ2v) is 7.90. The maximum absolute atomic E-state index is 12.7. The minimum absolute atomic E-state index is 0.228. The lowest BCUT2D eigenvalue weighted by molar-refractivity contribution is 0.0733. The zero-order valence-electron chi connectivity index (χ0n) is 21.2. The van der Waals surface area contributed by atoms with Gasteiger partial charge in [0.1, 0.15) is 22.8 Å². The Hall–Kier alpha value is -5.12. The Morgan fingerprint density at radius 3 is 2.18 bits per heavy atom. The third-order valence-corrected chi connectivity index (χ3v) is 5.51. The summed E-state index contributed by atoms with van der Waals surface area (Å²) in [7, 11) is 4.40. The molecule has 0 fully saturated rings. The number of amides is 1. The molecule has 10 nitrogen and oxygen atoms in total. The molecule has 0 spiro atoms. The Labute approximate surface area is 218 Å².